The van der Waals surface area contributed by atoms with E-state index in [1.54, 1.807) is 23.0 Å². The van der Waals surface area contributed by atoms with Crippen LogP contribution in [0.2, 0.25) is 5.02 Å². The lowest BCUT2D eigenvalue weighted by Gasteiger charge is -2.51. The summed E-state index contributed by atoms with van der Waals surface area (Å²) < 4.78 is 1.72. The van der Waals surface area contributed by atoms with Crippen LogP contribution in [0.15, 0.2) is 30.5 Å². The van der Waals surface area contributed by atoms with Gasteiger partial charge in [-0.3, -0.25) is 14.4 Å². The number of benzene rings is 1. The number of anilines is 2. The average molecular weight is 415 g/mol. The number of carbonyl (C=O) groups excluding carboxylic acids is 1. The summed E-state index contributed by atoms with van der Waals surface area (Å²) in [7, 11) is 0. The van der Waals surface area contributed by atoms with Gasteiger partial charge >= 0.3 is 0 Å². The predicted octanol–water partition coefficient (Wildman–Crippen LogP) is 3.83. The van der Waals surface area contributed by atoms with Gasteiger partial charge in [0, 0.05) is 48.2 Å². The van der Waals surface area contributed by atoms with Crippen molar-refractivity contribution in [2.45, 2.75) is 45.2 Å². The van der Waals surface area contributed by atoms with Gasteiger partial charge in [-0.05, 0) is 42.5 Å². The minimum atomic E-state index is -0.546. The number of halogens is 1. The molecule has 2 heterocycles. The van der Waals surface area contributed by atoms with Gasteiger partial charge in [0.2, 0.25) is 0 Å². The first-order valence-corrected chi connectivity index (χ1v) is 10.3. The molecule has 1 amide bonds. The van der Waals surface area contributed by atoms with Gasteiger partial charge in [-0.1, -0.05) is 25.4 Å². The molecule has 0 unspecified atom stereocenters. The maximum atomic E-state index is 11.9. The zero-order chi connectivity index (χ0) is 20.8. The number of primary amides is 1. The second-order valence-electron chi connectivity index (χ2n) is 8.91. The van der Waals surface area contributed by atoms with E-state index in [2.05, 4.69) is 29.2 Å². The Balaban J connectivity index is 1.49. The molecule has 1 aromatic carbocycles. The van der Waals surface area contributed by atoms with E-state index in [1.807, 2.05) is 12.1 Å². The first-order valence-electron chi connectivity index (χ1n) is 9.95. The van der Waals surface area contributed by atoms with Crippen molar-refractivity contribution in [3.63, 3.8) is 0 Å². The molecule has 0 radical (unpaired) electrons. The van der Waals surface area contributed by atoms with E-state index in [1.165, 1.54) is 0 Å². The van der Waals surface area contributed by atoms with Crippen LogP contribution in [0.4, 0.5) is 11.5 Å². The summed E-state index contributed by atoms with van der Waals surface area (Å²) in [5, 5.41) is 16.9. The number of nitrogens with one attached hydrogen (secondary N) is 2. The van der Waals surface area contributed by atoms with Crippen LogP contribution in [0, 0.1) is 10.8 Å². The second-order valence-corrected chi connectivity index (χ2v) is 9.35. The van der Waals surface area contributed by atoms with Gasteiger partial charge < -0.3 is 16.5 Å². The maximum absolute atomic E-state index is 11.9. The van der Waals surface area contributed by atoms with Crippen LogP contribution in [-0.2, 0) is 0 Å². The monoisotopic (exact) mass is 414 g/mol. The van der Waals surface area contributed by atoms with Crippen molar-refractivity contribution in [2.75, 3.05) is 18.4 Å². The fourth-order valence-corrected chi connectivity index (χ4v) is 4.55. The average Bonchev–Trinajstić information content (AvgIpc) is 3.05. The Morgan fingerprint density at radius 3 is 2.55 bits per heavy atom. The standard InChI is InChI=1S/C21H27ClN6O/c1-21(2)11-27(12-21)15-7-8-18(17(23)9-15)28-10-16(19(24)29)20(26-28)25-14-5-3-13(22)4-6-14/h3-6,10,15,18,23H,7-9,11-12H2,1-2H3,(H2,24,29)(H,25,26)/t15-,18-/m0/s1. The Bertz CT molecular complexity index is 927. The number of amides is 1. The Labute approximate surface area is 175 Å². The number of likely N-dealkylation sites (tertiary alicyclic amines) is 1. The van der Waals surface area contributed by atoms with Crippen molar-refractivity contribution in [1.82, 2.24) is 14.7 Å². The zero-order valence-corrected chi connectivity index (χ0v) is 17.5. The number of nitrogens with two attached hydrogens (primary N) is 1. The molecule has 2 atom stereocenters. The lowest BCUT2D eigenvalue weighted by molar-refractivity contribution is -0.0106. The summed E-state index contributed by atoms with van der Waals surface area (Å²) in [6.45, 7) is 6.76. The Kier molecular flexibility index (Phi) is 5.12. The quantitative estimate of drug-likeness (QED) is 0.692. The summed E-state index contributed by atoms with van der Waals surface area (Å²) in [5.74, 6) is -0.144. The van der Waals surface area contributed by atoms with Gasteiger partial charge in [-0.25, -0.2) is 0 Å². The largest absolute Gasteiger partial charge is 0.365 e. The van der Waals surface area contributed by atoms with Crippen molar-refractivity contribution in [1.29, 1.82) is 5.41 Å². The normalized spacial score (nSPS) is 24.2. The molecule has 1 saturated carbocycles. The number of hydrogen-bond donors (Lipinski definition) is 3. The third kappa shape index (κ3) is 4.16. The topological polar surface area (TPSA) is 100 Å². The highest BCUT2D eigenvalue weighted by molar-refractivity contribution is 6.30. The van der Waals surface area contributed by atoms with Crippen molar-refractivity contribution in [3.05, 3.63) is 41.0 Å². The van der Waals surface area contributed by atoms with E-state index in [9.17, 15) is 4.79 Å². The van der Waals surface area contributed by atoms with E-state index >= 15 is 0 Å². The number of nitrogens with zero attached hydrogens (tertiary/aromatic N) is 3. The summed E-state index contributed by atoms with van der Waals surface area (Å²) >= 11 is 5.93. The summed E-state index contributed by atoms with van der Waals surface area (Å²) in [6, 6.07) is 7.45. The van der Waals surface area contributed by atoms with Gasteiger partial charge in [-0.15, -0.1) is 0 Å². The smallest absolute Gasteiger partial charge is 0.254 e. The van der Waals surface area contributed by atoms with E-state index < -0.39 is 5.91 Å². The van der Waals surface area contributed by atoms with Crippen LogP contribution < -0.4 is 11.1 Å². The molecule has 7 nitrogen and oxygen atoms in total. The summed E-state index contributed by atoms with van der Waals surface area (Å²) in [5.41, 5.74) is 7.70. The lowest BCUT2D eigenvalue weighted by Crippen LogP contribution is -2.58. The van der Waals surface area contributed by atoms with Crippen molar-refractivity contribution >= 4 is 34.7 Å². The highest BCUT2D eigenvalue weighted by Gasteiger charge is 2.41. The van der Waals surface area contributed by atoms with E-state index in [4.69, 9.17) is 22.7 Å². The molecule has 29 heavy (non-hydrogen) atoms. The van der Waals surface area contributed by atoms with Crippen LogP contribution in [-0.4, -0.2) is 45.4 Å². The first kappa shape index (κ1) is 19.9. The van der Waals surface area contributed by atoms with Crippen LogP contribution >= 0.6 is 11.6 Å². The molecule has 1 aliphatic heterocycles. The Morgan fingerprint density at radius 1 is 1.28 bits per heavy atom. The summed E-state index contributed by atoms with van der Waals surface area (Å²) in [6.07, 6.45) is 4.26. The summed E-state index contributed by atoms with van der Waals surface area (Å²) in [4.78, 5) is 14.4. The molecule has 8 heteroatoms. The zero-order valence-electron chi connectivity index (χ0n) is 16.8. The molecule has 1 aromatic heterocycles. The van der Waals surface area contributed by atoms with Gasteiger partial charge in [-0.2, -0.15) is 5.10 Å². The maximum Gasteiger partial charge on any atom is 0.254 e. The van der Waals surface area contributed by atoms with E-state index in [0.29, 0.717) is 33.6 Å². The van der Waals surface area contributed by atoms with Crippen LogP contribution in [0.5, 0.6) is 0 Å². The van der Waals surface area contributed by atoms with Crippen LogP contribution in [0.3, 0.4) is 0 Å². The van der Waals surface area contributed by atoms with E-state index in [0.717, 1.165) is 38.0 Å². The van der Waals surface area contributed by atoms with Crippen LogP contribution in [0.1, 0.15) is 49.5 Å². The number of aromatic nitrogens is 2. The third-order valence-electron chi connectivity index (χ3n) is 5.83. The minimum Gasteiger partial charge on any atom is -0.365 e. The first-order chi connectivity index (χ1) is 13.7. The molecule has 0 bridgehead atoms. The highest BCUT2D eigenvalue weighted by atomic mass is 35.5. The SMILES string of the molecule is CC1(C)CN([C@H]2CC[C@H](n3cc(C(N)=O)c(Nc4ccc(Cl)cc4)n3)C(=N)C2)C1. The molecular formula is C21H27ClN6O. The molecule has 2 fully saturated rings. The van der Waals surface area contributed by atoms with E-state index in [-0.39, 0.29) is 6.04 Å². The third-order valence-corrected chi connectivity index (χ3v) is 6.09. The van der Waals surface area contributed by atoms with Gasteiger partial charge in [0.05, 0.1) is 6.04 Å². The number of carbonyl (C=O) groups is 1. The van der Waals surface area contributed by atoms with Gasteiger partial charge in [0.1, 0.15) is 5.56 Å². The fraction of sp³-hybridized carbons (Fsp3) is 0.476. The van der Waals surface area contributed by atoms with Crippen LogP contribution in [0.25, 0.3) is 0 Å². The van der Waals surface area contributed by atoms with Crippen molar-refractivity contribution in [2.24, 2.45) is 11.1 Å². The highest BCUT2D eigenvalue weighted by Crippen LogP contribution is 2.37. The molecule has 1 aliphatic carbocycles. The van der Waals surface area contributed by atoms with Crippen molar-refractivity contribution in [3.8, 4) is 0 Å². The van der Waals surface area contributed by atoms with Gasteiger partial charge in [0.15, 0.2) is 5.82 Å². The molecular weight excluding hydrogens is 388 g/mol. The predicted molar refractivity (Wildman–Crippen MR) is 115 cm³/mol. The number of rotatable bonds is 5. The van der Waals surface area contributed by atoms with Gasteiger partial charge in [0.25, 0.3) is 5.91 Å². The molecule has 4 rings (SSSR count). The Hall–Kier alpha value is -2.38. The molecule has 4 N–H and O–H groups in total. The van der Waals surface area contributed by atoms with Crippen molar-refractivity contribution < 1.29 is 4.79 Å². The lowest BCUT2D eigenvalue weighted by atomic mass is 9.79. The minimum absolute atomic E-state index is 0.139. The molecule has 2 aliphatic rings. The Morgan fingerprint density at radius 2 is 1.97 bits per heavy atom. The molecule has 154 valence electrons. The number of hydrogen-bond acceptors (Lipinski definition) is 5. The molecule has 0 spiro atoms. The second kappa shape index (κ2) is 7.46. The molecule has 1 saturated heterocycles. The fourth-order valence-electron chi connectivity index (χ4n) is 4.43. The molecule has 2 aromatic rings.